The van der Waals surface area contributed by atoms with E-state index in [1.165, 1.54) is 42.7 Å². The van der Waals surface area contributed by atoms with Gasteiger partial charge in [-0.2, -0.15) is 4.98 Å². The number of likely N-dealkylation sites (tertiary alicyclic amines) is 1. The minimum atomic E-state index is -3.55. The second-order valence-electron chi connectivity index (χ2n) is 11.6. The Hall–Kier alpha value is -3.25. The fourth-order valence-electron chi connectivity index (χ4n) is 5.95. The van der Waals surface area contributed by atoms with Crippen LogP contribution in [-0.4, -0.2) is 80.1 Å². The number of hydrogen-bond acceptors (Lipinski definition) is 9. The summed E-state index contributed by atoms with van der Waals surface area (Å²) in [6.45, 7) is 6.16. The number of hydrogen-bond donors (Lipinski definition) is 2. The van der Waals surface area contributed by atoms with E-state index in [-0.39, 0.29) is 35.2 Å². The van der Waals surface area contributed by atoms with Gasteiger partial charge in [0.2, 0.25) is 17.8 Å². The van der Waals surface area contributed by atoms with Gasteiger partial charge in [-0.1, -0.05) is 12.8 Å². The maximum Gasteiger partial charge on any atom is 0.246 e. The van der Waals surface area contributed by atoms with E-state index in [0.717, 1.165) is 25.8 Å². The first-order chi connectivity index (χ1) is 19.0. The number of nitrogens with one attached hydrogen (secondary N) is 2. The highest BCUT2D eigenvalue weighted by Crippen LogP contribution is 2.34. The predicted molar refractivity (Wildman–Crippen MR) is 156 cm³/mol. The number of likely N-dealkylation sites (N-methyl/N-ethyl adjacent to an activating group) is 1. The molecular weight excluding hydrogens is 530 g/mol. The van der Waals surface area contributed by atoms with Crippen LogP contribution in [0.2, 0.25) is 0 Å². The smallest absolute Gasteiger partial charge is 0.246 e. The molecule has 2 aromatic rings. The standard InChI is InChI=1S/C28H39N7O4S/c1-18(2)35-17-26(37)33(3)24-15-29-28(32-27(24)35)31-21-12-20(13-23(14-21)40(4,38)39)30-25(36)11-19-9-10-34(16-19)22-7-5-6-8-22/h12-15,18-19,22H,5-11,16-17H2,1-4H3,(H,30,36)(H,29,31,32)/t19-/m0/s1. The lowest BCUT2D eigenvalue weighted by Crippen LogP contribution is -2.47. The number of sulfone groups is 1. The number of aromatic nitrogens is 2. The molecule has 1 aliphatic carbocycles. The Morgan fingerprint density at radius 1 is 1.12 bits per heavy atom. The van der Waals surface area contributed by atoms with E-state index in [9.17, 15) is 18.0 Å². The number of carbonyl (C=O) groups is 2. The maximum absolute atomic E-state index is 13.0. The van der Waals surface area contributed by atoms with Crippen molar-refractivity contribution in [2.75, 3.05) is 53.4 Å². The van der Waals surface area contributed by atoms with Crippen LogP contribution in [-0.2, 0) is 19.4 Å². The molecule has 1 saturated heterocycles. The first kappa shape index (κ1) is 28.3. The molecule has 216 valence electrons. The summed E-state index contributed by atoms with van der Waals surface area (Å²) in [5.41, 5.74) is 1.43. The molecule has 2 aliphatic heterocycles. The topological polar surface area (TPSA) is 128 Å². The van der Waals surface area contributed by atoms with Crippen LogP contribution >= 0.6 is 0 Å². The first-order valence-corrected chi connectivity index (χ1v) is 15.9. The van der Waals surface area contributed by atoms with E-state index < -0.39 is 9.84 Å². The van der Waals surface area contributed by atoms with Crippen molar-refractivity contribution in [1.29, 1.82) is 0 Å². The van der Waals surface area contributed by atoms with Gasteiger partial charge < -0.3 is 25.3 Å². The van der Waals surface area contributed by atoms with Gasteiger partial charge in [0.25, 0.3) is 0 Å². The van der Waals surface area contributed by atoms with Crippen LogP contribution in [0.15, 0.2) is 29.3 Å². The van der Waals surface area contributed by atoms with Gasteiger partial charge in [-0.05, 0) is 63.8 Å². The molecule has 12 heteroatoms. The zero-order chi connectivity index (χ0) is 28.6. The summed E-state index contributed by atoms with van der Waals surface area (Å²) in [4.78, 5) is 40.5. The van der Waals surface area contributed by atoms with Gasteiger partial charge in [0.05, 0.1) is 17.6 Å². The molecule has 40 heavy (non-hydrogen) atoms. The lowest BCUT2D eigenvalue weighted by atomic mass is 10.0. The van der Waals surface area contributed by atoms with Gasteiger partial charge in [0.15, 0.2) is 15.7 Å². The van der Waals surface area contributed by atoms with E-state index in [0.29, 0.717) is 41.3 Å². The highest BCUT2D eigenvalue weighted by Gasteiger charge is 2.32. The average Bonchev–Trinajstić information content (AvgIpc) is 3.58. The van der Waals surface area contributed by atoms with Crippen LogP contribution in [0.1, 0.15) is 52.4 Å². The first-order valence-electron chi connectivity index (χ1n) is 14.0. The highest BCUT2D eigenvalue weighted by molar-refractivity contribution is 7.90. The molecule has 1 aromatic carbocycles. The number of amides is 2. The molecule has 2 fully saturated rings. The van der Waals surface area contributed by atoms with Crippen molar-refractivity contribution in [3.63, 3.8) is 0 Å². The van der Waals surface area contributed by atoms with Crippen molar-refractivity contribution in [2.24, 2.45) is 5.92 Å². The summed E-state index contributed by atoms with van der Waals surface area (Å²) in [5.74, 6) is 1.00. The molecule has 0 radical (unpaired) electrons. The van der Waals surface area contributed by atoms with Crippen LogP contribution < -0.4 is 20.4 Å². The van der Waals surface area contributed by atoms with Crippen LogP contribution in [0.4, 0.5) is 28.8 Å². The molecule has 1 atom stereocenters. The fourth-order valence-corrected chi connectivity index (χ4v) is 6.64. The zero-order valence-electron chi connectivity index (χ0n) is 23.7. The second-order valence-corrected chi connectivity index (χ2v) is 13.6. The van der Waals surface area contributed by atoms with Crippen molar-refractivity contribution in [2.45, 2.75) is 69.4 Å². The van der Waals surface area contributed by atoms with Crippen molar-refractivity contribution >= 4 is 50.5 Å². The molecule has 0 unspecified atom stereocenters. The van der Waals surface area contributed by atoms with Crippen molar-refractivity contribution in [1.82, 2.24) is 14.9 Å². The lowest BCUT2D eigenvalue weighted by molar-refractivity contribution is -0.118. The zero-order valence-corrected chi connectivity index (χ0v) is 24.5. The number of fused-ring (bicyclic) bond motifs is 1. The Bertz CT molecular complexity index is 1390. The van der Waals surface area contributed by atoms with Gasteiger partial charge in [-0.15, -0.1) is 0 Å². The number of nitrogens with zero attached hydrogens (tertiary/aromatic N) is 5. The highest BCUT2D eigenvalue weighted by atomic mass is 32.2. The summed E-state index contributed by atoms with van der Waals surface area (Å²) in [6, 6.07) is 5.37. The minimum Gasteiger partial charge on any atom is -0.343 e. The molecule has 1 aromatic heterocycles. The predicted octanol–water partition coefficient (Wildman–Crippen LogP) is 3.41. The van der Waals surface area contributed by atoms with Gasteiger partial charge in [-0.3, -0.25) is 9.59 Å². The summed E-state index contributed by atoms with van der Waals surface area (Å²) in [6.07, 6.45) is 9.22. The molecular formula is C28H39N7O4S. The quantitative estimate of drug-likeness (QED) is 0.492. The van der Waals surface area contributed by atoms with Crippen LogP contribution in [0.5, 0.6) is 0 Å². The molecule has 1 saturated carbocycles. The van der Waals surface area contributed by atoms with Crippen molar-refractivity contribution in [3.8, 4) is 0 Å². The van der Waals surface area contributed by atoms with E-state index in [1.807, 2.05) is 18.7 Å². The third-order valence-electron chi connectivity index (χ3n) is 8.19. The molecule has 3 heterocycles. The lowest BCUT2D eigenvalue weighted by Gasteiger charge is -2.36. The van der Waals surface area contributed by atoms with E-state index in [2.05, 4.69) is 25.5 Å². The minimum absolute atomic E-state index is 0.0413. The maximum atomic E-state index is 13.0. The van der Waals surface area contributed by atoms with Crippen LogP contribution in [0.25, 0.3) is 0 Å². The molecule has 0 bridgehead atoms. The van der Waals surface area contributed by atoms with Gasteiger partial charge in [0.1, 0.15) is 5.69 Å². The van der Waals surface area contributed by atoms with E-state index in [4.69, 9.17) is 0 Å². The number of carbonyl (C=O) groups excluding carboxylic acids is 2. The molecule has 11 nitrogen and oxygen atoms in total. The van der Waals surface area contributed by atoms with Crippen molar-refractivity contribution in [3.05, 3.63) is 24.4 Å². The van der Waals surface area contributed by atoms with Gasteiger partial charge in [0, 0.05) is 49.7 Å². The summed E-state index contributed by atoms with van der Waals surface area (Å²) >= 11 is 0. The monoisotopic (exact) mass is 569 g/mol. The SMILES string of the molecule is CC(C)N1CC(=O)N(C)c2cnc(Nc3cc(NC(=O)C[C@@H]4CCN(C5CCCC5)C4)cc(S(C)(=O)=O)c3)nc21. The molecule has 2 N–H and O–H groups in total. The van der Waals surface area contributed by atoms with E-state index in [1.54, 1.807) is 19.3 Å². The van der Waals surface area contributed by atoms with Crippen LogP contribution in [0, 0.1) is 5.92 Å². The Morgan fingerprint density at radius 3 is 2.55 bits per heavy atom. The summed E-state index contributed by atoms with van der Waals surface area (Å²) in [7, 11) is -1.86. The Kier molecular flexibility index (Phi) is 8.01. The third kappa shape index (κ3) is 6.22. The number of benzene rings is 1. The number of anilines is 5. The Balaban J connectivity index is 1.33. The molecule has 3 aliphatic rings. The number of rotatable bonds is 8. The van der Waals surface area contributed by atoms with E-state index >= 15 is 0 Å². The van der Waals surface area contributed by atoms with Crippen molar-refractivity contribution < 1.29 is 18.0 Å². The summed E-state index contributed by atoms with van der Waals surface area (Å²) in [5, 5.41) is 6.02. The average molecular weight is 570 g/mol. The molecule has 5 rings (SSSR count). The Labute approximate surface area is 236 Å². The largest absolute Gasteiger partial charge is 0.343 e. The summed E-state index contributed by atoms with van der Waals surface area (Å²) < 4.78 is 24.9. The normalized spacial score (nSPS) is 20.3. The van der Waals surface area contributed by atoms with Crippen LogP contribution in [0.3, 0.4) is 0 Å². The third-order valence-corrected chi connectivity index (χ3v) is 9.29. The second kappa shape index (κ2) is 11.3. The molecule has 2 amide bonds. The molecule has 0 spiro atoms. The fraction of sp³-hybridized carbons (Fsp3) is 0.571. The van der Waals surface area contributed by atoms with Gasteiger partial charge in [-0.25, -0.2) is 13.4 Å². The Morgan fingerprint density at radius 2 is 1.85 bits per heavy atom. The van der Waals surface area contributed by atoms with Gasteiger partial charge >= 0.3 is 0 Å².